The molecule has 0 spiro atoms. The van der Waals surface area contributed by atoms with Crippen LogP contribution in [0.5, 0.6) is 0 Å². The fourth-order valence-corrected chi connectivity index (χ4v) is 3.55. The minimum atomic E-state index is 0.644. The molecule has 1 heteroatoms. The van der Waals surface area contributed by atoms with Crippen molar-refractivity contribution in [2.45, 2.75) is 70.6 Å². The fourth-order valence-electron chi connectivity index (χ4n) is 3.55. The van der Waals surface area contributed by atoms with Gasteiger partial charge in [0.25, 0.3) is 0 Å². The third-order valence-electron chi connectivity index (χ3n) is 4.95. The van der Waals surface area contributed by atoms with Crippen molar-refractivity contribution in [1.82, 2.24) is 0 Å². The van der Waals surface area contributed by atoms with Crippen LogP contribution in [0.4, 0.5) is 4.39 Å². The maximum atomic E-state index is 11.9. The normalized spacial score (nSPS) is 22.8. The number of aryl methyl sites for hydroxylation is 1. The first-order valence-corrected chi connectivity index (χ1v) is 8.67. The highest BCUT2D eigenvalue weighted by molar-refractivity contribution is 5.26. The van der Waals surface area contributed by atoms with Crippen molar-refractivity contribution in [1.29, 1.82) is 0 Å². The molecule has 1 aliphatic carbocycles. The van der Waals surface area contributed by atoms with Crippen molar-refractivity contribution >= 4 is 0 Å². The molecule has 0 nitrogen and oxygen atoms in total. The molecule has 1 aromatic rings. The molecule has 0 unspecified atom stereocenters. The topological polar surface area (TPSA) is 0 Å². The van der Waals surface area contributed by atoms with E-state index in [9.17, 15) is 4.39 Å². The van der Waals surface area contributed by atoms with Crippen molar-refractivity contribution in [3.8, 4) is 0 Å². The van der Waals surface area contributed by atoms with Crippen LogP contribution in [-0.4, -0.2) is 0 Å². The van der Waals surface area contributed by atoms with Gasteiger partial charge in [0.1, 0.15) is 0 Å². The van der Waals surface area contributed by atoms with Crippen molar-refractivity contribution in [2.75, 3.05) is 0 Å². The van der Waals surface area contributed by atoms with E-state index in [0.29, 0.717) is 6.33 Å². The molecule has 0 N–H and O–H groups in total. The summed E-state index contributed by atoms with van der Waals surface area (Å²) < 4.78 is 11.9. The molecule has 0 radical (unpaired) electrons. The summed E-state index contributed by atoms with van der Waals surface area (Å²) >= 11 is 0. The summed E-state index contributed by atoms with van der Waals surface area (Å²) in [6.45, 7) is 2.29. The molecule has 2 rings (SSSR count). The van der Waals surface area contributed by atoms with Gasteiger partial charge < -0.3 is 0 Å². The first kappa shape index (κ1) is 16.3. The molecule has 0 saturated heterocycles. The van der Waals surface area contributed by atoms with Gasteiger partial charge >= 0.3 is 0 Å². The zero-order chi connectivity index (χ0) is 14.9. The molecule has 0 amide bonds. The van der Waals surface area contributed by atoms with E-state index in [-0.39, 0.29) is 0 Å². The highest BCUT2D eigenvalue weighted by Crippen LogP contribution is 2.37. The number of hydrogen-bond acceptors (Lipinski definition) is 0. The van der Waals surface area contributed by atoms with Crippen molar-refractivity contribution in [2.24, 2.45) is 5.92 Å². The lowest BCUT2D eigenvalue weighted by molar-refractivity contribution is 0.304. The van der Waals surface area contributed by atoms with E-state index < -0.39 is 0 Å². The Labute approximate surface area is 129 Å². The van der Waals surface area contributed by atoms with Crippen LogP contribution >= 0.6 is 0 Å². The lowest BCUT2D eigenvalue weighted by Gasteiger charge is -2.29. The zero-order valence-corrected chi connectivity index (χ0v) is 13.4. The molecule has 21 heavy (non-hydrogen) atoms. The van der Waals surface area contributed by atoms with Gasteiger partial charge in [0, 0.05) is 0 Å². The Morgan fingerprint density at radius 3 is 2.43 bits per heavy atom. The second-order valence-corrected chi connectivity index (χ2v) is 6.50. The summed E-state index contributed by atoms with van der Waals surface area (Å²) in [5.74, 6) is 1.75. The monoisotopic (exact) mass is 288 g/mol. The lowest BCUT2D eigenvalue weighted by Crippen LogP contribution is -2.13. The Bertz CT molecular complexity index is 410. The van der Waals surface area contributed by atoms with E-state index in [2.05, 4.69) is 31.2 Å². The molecule has 116 valence electrons. The SMILES string of the molecule is CCCC[C@H]1CC[C@H](c2ccc(CC/C=C/F)cc2)CC1. The first-order chi connectivity index (χ1) is 10.3. The maximum absolute atomic E-state index is 11.9. The summed E-state index contributed by atoms with van der Waals surface area (Å²) in [6.07, 6.45) is 13.7. The van der Waals surface area contributed by atoms with E-state index in [0.717, 1.165) is 24.7 Å². The number of rotatable bonds is 7. The molecule has 1 aliphatic rings. The third kappa shape index (κ3) is 5.30. The van der Waals surface area contributed by atoms with Gasteiger partial charge in [-0.15, -0.1) is 0 Å². The van der Waals surface area contributed by atoms with Gasteiger partial charge in [-0.3, -0.25) is 0 Å². The van der Waals surface area contributed by atoms with Crippen LogP contribution in [-0.2, 0) is 6.42 Å². The first-order valence-electron chi connectivity index (χ1n) is 8.67. The van der Waals surface area contributed by atoms with E-state index in [4.69, 9.17) is 0 Å². The van der Waals surface area contributed by atoms with Crippen LogP contribution in [0.15, 0.2) is 36.7 Å². The van der Waals surface area contributed by atoms with Gasteiger partial charge in [0.05, 0.1) is 6.33 Å². The van der Waals surface area contributed by atoms with E-state index in [1.54, 1.807) is 6.08 Å². The number of allylic oxidation sites excluding steroid dienone is 1. The van der Waals surface area contributed by atoms with Gasteiger partial charge in [-0.05, 0) is 61.5 Å². The minimum absolute atomic E-state index is 0.644. The van der Waals surface area contributed by atoms with Gasteiger partial charge in [0.2, 0.25) is 0 Å². The smallest absolute Gasteiger partial charge is 0.0827 e. The van der Waals surface area contributed by atoms with Crippen LogP contribution in [0.3, 0.4) is 0 Å². The fraction of sp³-hybridized carbons (Fsp3) is 0.600. The van der Waals surface area contributed by atoms with Gasteiger partial charge in [0.15, 0.2) is 0 Å². The van der Waals surface area contributed by atoms with Gasteiger partial charge in [-0.2, -0.15) is 0 Å². The summed E-state index contributed by atoms with van der Waals surface area (Å²) in [6, 6.07) is 9.05. The summed E-state index contributed by atoms with van der Waals surface area (Å²) in [7, 11) is 0. The number of unbranched alkanes of at least 4 members (excludes halogenated alkanes) is 1. The lowest BCUT2D eigenvalue weighted by atomic mass is 9.77. The summed E-state index contributed by atoms with van der Waals surface area (Å²) in [5.41, 5.74) is 2.82. The molecule has 1 fully saturated rings. The van der Waals surface area contributed by atoms with Gasteiger partial charge in [-0.1, -0.05) is 56.5 Å². The number of halogens is 1. The molecule has 0 heterocycles. The van der Waals surface area contributed by atoms with Crippen molar-refractivity contribution in [3.05, 3.63) is 47.8 Å². The second kappa shape index (κ2) is 9.02. The zero-order valence-electron chi connectivity index (χ0n) is 13.4. The minimum Gasteiger partial charge on any atom is -0.216 e. The third-order valence-corrected chi connectivity index (χ3v) is 4.95. The summed E-state index contributed by atoms with van der Waals surface area (Å²) in [5, 5.41) is 0. The Kier molecular flexibility index (Phi) is 6.99. The average Bonchev–Trinajstić information content (AvgIpc) is 2.54. The molecule has 1 saturated carbocycles. The largest absolute Gasteiger partial charge is 0.216 e. The highest BCUT2D eigenvalue weighted by atomic mass is 19.1. The Balaban J connectivity index is 1.80. The Morgan fingerprint density at radius 2 is 1.81 bits per heavy atom. The summed E-state index contributed by atoms with van der Waals surface area (Å²) in [4.78, 5) is 0. The quantitative estimate of drug-likeness (QED) is 0.532. The van der Waals surface area contributed by atoms with E-state index >= 15 is 0 Å². The van der Waals surface area contributed by atoms with E-state index in [1.807, 2.05) is 0 Å². The van der Waals surface area contributed by atoms with Crippen LogP contribution in [0, 0.1) is 5.92 Å². The van der Waals surface area contributed by atoms with E-state index in [1.165, 1.54) is 56.1 Å². The van der Waals surface area contributed by atoms with Crippen LogP contribution in [0.2, 0.25) is 0 Å². The standard InChI is InChI=1S/C20H29F/c1-2-3-6-17-8-12-19(13-9-17)20-14-10-18(11-15-20)7-4-5-16-21/h5,10-11,14-17,19H,2-4,6-9,12-13H2,1H3/b16-5+/t17-,19-. The van der Waals surface area contributed by atoms with Crippen molar-refractivity contribution in [3.63, 3.8) is 0 Å². The average molecular weight is 288 g/mol. The maximum Gasteiger partial charge on any atom is 0.0827 e. The predicted octanol–water partition coefficient (Wildman–Crippen LogP) is 6.57. The predicted molar refractivity (Wildman–Crippen MR) is 89.2 cm³/mol. The molecule has 1 aromatic carbocycles. The Morgan fingerprint density at radius 1 is 1.10 bits per heavy atom. The van der Waals surface area contributed by atoms with Crippen LogP contribution in [0.25, 0.3) is 0 Å². The molecular formula is C20H29F. The molecule has 0 aromatic heterocycles. The molecule has 0 aliphatic heterocycles. The second-order valence-electron chi connectivity index (χ2n) is 6.50. The van der Waals surface area contributed by atoms with Crippen LogP contribution < -0.4 is 0 Å². The number of hydrogen-bond donors (Lipinski definition) is 0. The number of benzene rings is 1. The van der Waals surface area contributed by atoms with Crippen LogP contribution in [0.1, 0.15) is 75.3 Å². The van der Waals surface area contributed by atoms with Crippen molar-refractivity contribution < 1.29 is 4.39 Å². The van der Waals surface area contributed by atoms with Gasteiger partial charge in [-0.25, -0.2) is 4.39 Å². The highest BCUT2D eigenvalue weighted by Gasteiger charge is 2.21. The molecular weight excluding hydrogens is 259 g/mol. The molecule has 0 bridgehead atoms. The Hall–Kier alpha value is -1.11. The molecule has 0 atom stereocenters.